The number of hydrogen-bond donors (Lipinski definition) is 0. The SMILES string of the molecule is CC(C)(C)Cc1ncccn1.CC(C)Cc1ccccc1.CC(C)Cc1ncccc1F. The van der Waals surface area contributed by atoms with Gasteiger partial charge in [-0.2, -0.15) is 0 Å². The van der Waals surface area contributed by atoms with Crippen molar-refractivity contribution in [2.75, 3.05) is 0 Å². The average molecular weight is 438 g/mol. The van der Waals surface area contributed by atoms with Crippen molar-refractivity contribution in [2.24, 2.45) is 17.3 Å². The quantitative estimate of drug-likeness (QED) is 0.418. The molecule has 0 N–H and O–H groups in total. The van der Waals surface area contributed by atoms with Gasteiger partial charge in [0, 0.05) is 25.0 Å². The van der Waals surface area contributed by atoms with E-state index in [1.165, 1.54) is 18.1 Å². The van der Waals surface area contributed by atoms with E-state index in [1.807, 2.05) is 19.9 Å². The minimum atomic E-state index is -0.193. The average Bonchev–Trinajstić information content (AvgIpc) is 2.70. The first-order chi connectivity index (χ1) is 15.1. The zero-order valence-electron chi connectivity index (χ0n) is 20.8. The van der Waals surface area contributed by atoms with Crippen LogP contribution in [0.15, 0.2) is 67.1 Å². The highest BCUT2D eigenvalue weighted by atomic mass is 19.1. The van der Waals surface area contributed by atoms with Gasteiger partial charge in [0.25, 0.3) is 0 Å². The number of hydrogen-bond acceptors (Lipinski definition) is 3. The Hall–Kier alpha value is -2.62. The van der Waals surface area contributed by atoms with Gasteiger partial charge in [0.1, 0.15) is 11.6 Å². The molecule has 0 aliphatic heterocycles. The summed E-state index contributed by atoms with van der Waals surface area (Å²) < 4.78 is 12.9. The molecule has 32 heavy (non-hydrogen) atoms. The minimum absolute atomic E-state index is 0.193. The topological polar surface area (TPSA) is 38.7 Å². The molecule has 0 unspecified atom stereocenters. The van der Waals surface area contributed by atoms with Crippen LogP contribution in [0.5, 0.6) is 0 Å². The van der Waals surface area contributed by atoms with Crippen LogP contribution < -0.4 is 0 Å². The third-order valence-electron chi connectivity index (χ3n) is 4.23. The Morgan fingerprint density at radius 1 is 0.719 bits per heavy atom. The van der Waals surface area contributed by atoms with Crippen molar-refractivity contribution in [3.63, 3.8) is 0 Å². The van der Waals surface area contributed by atoms with E-state index in [-0.39, 0.29) is 11.2 Å². The summed E-state index contributed by atoms with van der Waals surface area (Å²) in [6, 6.07) is 15.5. The molecule has 3 nitrogen and oxygen atoms in total. The van der Waals surface area contributed by atoms with Crippen LogP contribution in [0, 0.1) is 23.1 Å². The van der Waals surface area contributed by atoms with Crippen molar-refractivity contribution in [3.05, 3.63) is 90.0 Å². The number of nitrogens with zero attached hydrogens (tertiary/aromatic N) is 3. The van der Waals surface area contributed by atoms with Crippen molar-refractivity contribution in [2.45, 2.75) is 67.7 Å². The van der Waals surface area contributed by atoms with E-state index < -0.39 is 0 Å². The van der Waals surface area contributed by atoms with Gasteiger partial charge in [0.15, 0.2) is 0 Å². The largest absolute Gasteiger partial charge is 0.258 e. The summed E-state index contributed by atoms with van der Waals surface area (Å²) in [5.41, 5.74) is 2.29. The van der Waals surface area contributed by atoms with Crippen LogP contribution >= 0.6 is 0 Å². The first kappa shape index (κ1) is 27.4. The molecule has 0 spiro atoms. The summed E-state index contributed by atoms with van der Waals surface area (Å²) in [6.07, 6.45) is 8.05. The smallest absolute Gasteiger partial charge is 0.144 e. The molecule has 0 aliphatic carbocycles. The van der Waals surface area contributed by atoms with Gasteiger partial charge in [-0.1, -0.05) is 78.8 Å². The lowest BCUT2D eigenvalue weighted by Gasteiger charge is -2.15. The predicted molar refractivity (Wildman–Crippen MR) is 133 cm³/mol. The van der Waals surface area contributed by atoms with E-state index in [4.69, 9.17) is 0 Å². The third kappa shape index (κ3) is 13.6. The number of halogens is 1. The Morgan fingerprint density at radius 2 is 1.28 bits per heavy atom. The first-order valence-electron chi connectivity index (χ1n) is 11.5. The van der Waals surface area contributed by atoms with E-state index >= 15 is 0 Å². The van der Waals surface area contributed by atoms with Crippen LogP contribution in [-0.2, 0) is 19.3 Å². The zero-order chi connectivity index (χ0) is 24.0. The summed E-state index contributed by atoms with van der Waals surface area (Å²) >= 11 is 0. The Kier molecular flexibility index (Phi) is 12.4. The van der Waals surface area contributed by atoms with E-state index in [9.17, 15) is 4.39 Å². The maximum absolute atomic E-state index is 12.9. The van der Waals surface area contributed by atoms with Crippen LogP contribution in [-0.4, -0.2) is 15.0 Å². The van der Waals surface area contributed by atoms with E-state index in [0.29, 0.717) is 18.0 Å². The molecule has 4 heteroatoms. The number of pyridine rings is 1. The van der Waals surface area contributed by atoms with Crippen LogP contribution in [0.1, 0.15) is 65.5 Å². The monoisotopic (exact) mass is 437 g/mol. The Bertz CT molecular complexity index is 857. The molecule has 2 heterocycles. The fraction of sp³-hybridized carbons (Fsp3) is 0.464. The highest BCUT2D eigenvalue weighted by molar-refractivity contribution is 5.14. The highest BCUT2D eigenvalue weighted by Crippen LogP contribution is 2.17. The Labute approximate surface area is 194 Å². The summed E-state index contributed by atoms with van der Waals surface area (Å²) in [5.74, 6) is 1.96. The molecule has 174 valence electrons. The molecule has 3 rings (SSSR count). The summed E-state index contributed by atoms with van der Waals surface area (Å²) in [6.45, 7) is 15.1. The number of benzene rings is 1. The maximum atomic E-state index is 12.9. The Morgan fingerprint density at radius 3 is 1.78 bits per heavy atom. The molecule has 0 saturated heterocycles. The van der Waals surface area contributed by atoms with E-state index in [2.05, 4.69) is 79.9 Å². The molecule has 2 aromatic heterocycles. The van der Waals surface area contributed by atoms with Crippen molar-refractivity contribution < 1.29 is 4.39 Å². The van der Waals surface area contributed by atoms with Gasteiger partial charge in [-0.05, 0) is 53.9 Å². The van der Waals surface area contributed by atoms with Gasteiger partial charge in [0.05, 0.1) is 5.69 Å². The number of rotatable bonds is 5. The molecular weight excluding hydrogens is 397 g/mol. The second-order valence-corrected chi connectivity index (χ2v) is 10.0. The van der Waals surface area contributed by atoms with Gasteiger partial charge in [-0.3, -0.25) is 4.98 Å². The molecule has 0 bridgehead atoms. The molecular formula is C28H40FN3. The van der Waals surface area contributed by atoms with Gasteiger partial charge >= 0.3 is 0 Å². The van der Waals surface area contributed by atoms with Crippen LogP contribution in [0.25, 0.3) is 0 Å². The molecule has 1 aromatic carbocycles. The fourth-order valence-corrected chi connectivity index (χ4v) is 2.94. The zero-order valence-corrected chi connectivity index (χ0v) is 20.8. The van der Waals surface area contributed by atoms with Gasteiger partial charge in [0.2, 0.25) is 0 Å². The molecule has 0 amide bonds. The van der Waals surface area contributed by atoms with Crippen molar-refractivity contribution in [3.8, 4) is 0 Å². The number of aromatic nitrogens is 3. The molecule has 0 aliphatic rings. The summed E-state index contributed by atoms with van der Waals surface area (Å²) in [5, 5.41) is 0. The second kappa shape index (κ2) is 14.4. The van der Waals surface area contributed by atoms with Crippen LogP contribution in [0.2, 0.25) is 0 Å². The van der Waals surface area contributed by atoms with Crippen molar-refractivity contribution in [1.29, 1.82) is 0 Å². The normalized spacial score (nSPS) is 10.8. The van der Waals surface area contributed by atoms with E-state index in [1.54, 1.807) is 24.7 Å². The molecule has 0 saturated carbocycles. The van der Waals surface area contributed by atoms with Crippen molar-refractivity contribution >= 4 is 0 Å². The molecule has 0 radical (unpaired) electrons. The highest BCUT2D eigenvalue weighted by Gasteiger charge is 2.12. The van der Waals surface area contributed by atoms with Crippen LogP contribution in [0.4, 0.5) is 4.39 Å². The lowest BCUT2D eigenvalue weighted by molar-refractivity contribution is 0.400. The summed E-state index contributed by atoms with van der Waals surface area (Å²) in [7, 11) is 0. The second-order valence-electron chi connectivity index (χ2n) is 10.0. The van der Waals surface area contributed by atoms with Gasteiger partial charge in [-0.25, -0.2) is 14.4 Å². The van der Waals surface area contributed by atoms with Gasteiger partial charge < -0.3 is 0 Å². The fourth-order valence-electron chi connectivity index (χ4n) is 2.94. The molecule has 3 aromatic rings. The predicted octanol–water partition coefficient (Wildman–Crippen LogP) is 7.37. The molecule has 0 fully saturated rings. The lowest BCUT2D eigenvalue weighted by atomic mass is 9.92. The first-order valence-corrected chi connectivity index (χ1v) is 11.5. The lowest BCUT2D eigenvalue weighted by Crippen LogP contribution is -2.11. The van der Waals surface area contributed by atoms with E-state index in [0.717, 1.165) is 18.2 Å². The maximum Gasteiger partial charge on any atom is 0.144 e. The standard InChI is InChI=1S/C10H14.C9H12FN.C9H14N2/c1-9(2)8-10-6-4-3-5-7-10;1-7(2)6-9-8(10)4-3-5-11-9;1-9(2,3)7-8-10-5-4-6-11-8/h3-7,9H,8H2,1-2H3;3-5,7H,6H2,1-2H3;4-6H,7H2,1-3H3. The summed E-state index contributed by atoms with van der Waals surface area (Å²) in [4.78, 5) is 12.2. The van der Waals surface area contributed by atoms with Gasteiger partial charge in [-0.15, -0.1) is 0 Å². The third-order valence-corrected chi connectivity index (χ3v) is 4.23. The minimum Gasteiger partial charge on any atom is -0.258 e. The van der Waals surface area contributed by atoms with Crippen molar-refractivity contribution in [1.82, 2.24) is 15.0 Å². The Balaban J connectivity index is 0.000000240. The molecule has 0 atom stereocenters. The van der Waals surface area contributed by atoms with Crippen LogP contribution in [0.3, 0.4) is 0 Å².